The second kappa shape index (κ2) is 6.00. The number of benzene rings is 1. The van der Waals surface area contributed by atoms with Crippen LogP contribution < -0.4 is 10.1 Å². The lowest BCUT2D eigenvalue weighted by Crippen LogP contribution is -2.27. The van der Waals surface area contributed by atoms with Crippen molar-refractivity contribution in [3.63, 3.8) is 0 Å². The molecule has 1 aliphatic rings. The van der Waals surface area contributed by atoms with Crippen molar-refractivity contribution in [2.45, 2.75) is 31.9 Å². The van der Waals surface area contributed by atoms with Gasteiger partial charge in [-0.3, -0.25) is 0 Å². The Hall–Kier alpha value is -1.95. The summed E-state index contributed by atoms with van der Waals surface area (Å²) in [6.07, 6.45) is 3.32. The van der Waals surface area contributed by atoms with Crippen LogP contribution in [0.1, 0.15) is 37.0 Å². The lowest BCUT2D eigenvalue weighted by molar-refractivity contribution is 0.267. The van der Waals surface area contributed by atoms with Crippen LogP contribution in [0.3, 0.4) is 0 Å². The molecule has 0 spiro atoms. The second-order valence-electron chi connectivity index (χ2n) is 4.77. The fraction of sp³-hybridized carbons (Fsp3) is 0.429. The maximum Gasteiger partial charge on any atom is 0.243 e. The van der Waals surface area contributed by atoms with Gasteiger partial charge in [0.25, 0.3) is 0 Å². The van der Waals surface area contributed by atoms with Crippen LogP contribution in [-0.4, -0.2) is 16.7 Å². The van der Waals surface area contributed by atoms with E-state index < -0.39 is 5.82 Å². The Kier molecular flexibility index (Phi) is 3.92. The van der Waals surface area contributed by atoms with E-state index in [0.717, 1.165) is 19.4 Å². The van der Waals surface area contributed by atoms with E-state index >= 15 is 0 Å². The van der Waals surface area contributed by atoms with Gasteiger partial charge < -0.3 is 14.6 Å². The Morgan fingerprint density at radius 2 is 2.25 bits per heavy atom. The van der Waals surface area contributed by atoms with Crippen molar-refractivity contribution in [1.29, 1.82) is 0 Å². The minimum atomic E-state index is -0.398. The molecule has 2 aromatic rings. The highest BCUT2D eigenvalue weighted by Gasteiger charge is 2.21. The van der Waals surface area contributed by atoms with E-state index in [9.17, 15) is 4.39 Å². The number of aromatic nitrogens is 2. The second-order valence-corrected chi connectivity index (χ2v) is 4.77. The van der Waals surface area contributed by atoms with Gasteiger partial charge in [-0.15, -0.1) is 0 Å². The molecule has 0 unspecified atom stereocenters. The Morgan fingerprint density at radius 3 is 3.05 bits per heavy atom. The Morgan fingerprint density at radius 1 is 1.35 bits per heavy atom. The monoisotopic (exact) mass is 277 g/mol. The van der Waals surface area contributed by atoms with Crippen LogP contribution in [-0.2, 0) is 6.61 Å². The predicted octanol–water partition coefficient (Wildman–Crippen LogP) is 2.60. The molecular weight excluding hydrogens is 261 g/mol. The van der Waals surface area contributed by atoms with Crippen molar-refractivity contribution >= 4 is 0 Å². The number of hydrogen-bond acceptors (Lipinski definition) is 5. The first-order chi connectivity index (χ1) is 9.83. The zero-order chi connectivity index (χ0) is 13.8. The van der Waals surface area contributed by atoms with Crippen LogP contribution in [0.4, 0.5) is 4.39 Å². The summed E-state index contributed by atoms with van der Waals surface area (Å²) in [4.78, 5) is 4.29. The highest BCUT2D eigenvalue weighted by molar-refractivity contribution is 5.23. The predicted molar refractivity (Wildman–Crippen MR) is 69.6 cm³/mol. The molecule has 1 fully saturated rings. The molecule has 0 bridgehead atoms. The van der Waals surface area contributed by atoms with Crippen LogP contribution in [0.5, 0.6) is 5.75 Å². The summed E-state index contributed by atoms with van der Waals surface area (Å²) in [6.45, 7) is 1.06. The number of para-hydroxylation sites is 1. The molecule has 1 saturated heterocycles. The standard InChI is InChI=1S/C14H16FN3O2/c15-10-5-1-2-7-12(10)19-9-13-17-14(20-18-13)11-6-3-4-8-16-11/h1-2,5,7,11,16H,3-4,6,8-9H2/t11-/m1/s1. The summed E-state index contributed by atoms with van der Waals surface area (Å²) in [5.41, 5.74) is 0. The fourth-order valence-corrected chi connectivity index (χ4v) is 2.23. The van der Waals surface area contributed by atoms with Gasteiger partial charge in [0.1, 0.15) is 0 Å². The molecule has 0 saturated carbocycles. The smallest absolute Gasteiger partial charge is 0.243 e. The van der Waals surface area contributed by atoms with Crippen LogP contribution in [0, 0.1) is 5.82 Å². The number of hydrogen-bond donors (Lipinski definition) is 1. The first-order valence-corrected chi connectivity index (χ1v) is 6.76. The molecule has 106 valence electrons. The highest BCUT2D eigenvalue weighted by Crippen LogP contribution is 2.22. The van der Waals surface area contributed by atoms with Crippen molar-refractivity contribution in [1.82, 2.24) is 15.5 Å². The van der Waals surface area contributed by atoms with Crippen LogP contribution in [0.2, 0.25) is 0 Å². The number of halogens is 1. The normalized spacial score (nSPS) is 18.9. The number of nitrogens with zero attached hydrogens (tertiary/aromatic N) is 2. The Balaban J connectivity index is 1.61. The molecule has 1 aliphatic heterocycles. The summed E-state index contributed by atoms with van der Waals surface area (Å²) in [6, 6.07) is 6.37. The van der Waals surface area contributed by atoms with Crippen molar-refractivity contribution in [3.05, 3.63) is 41.8 Å². The van der Waals surface area contributed by atoms with Gasteiger partial charge in [-0.25, -0.2) is 4.39 Å². The molecule has 6 heteroatoms. The lowest BCUT2D eigenvalue weighted by Gasteiger charge is -2.19. The van der Waals surface area contributed by atoms with E-state index in [1.165, 1.54) is 12.5 Å². The van der Waals surface area contributed by atoms with Crippen LogP contribution in [0.25, 0.3) is 0 Å². The molecule has 0 aliphatic carbocycles. The van der Waals surface area contributed by atoms with Crippen molar-refractivity contribution < 1.29 is 13.7 Å². The van der Waals surface area contributed by atoms with E-state index in [4.69, 9.17) is 9.26 Å². The Bertz CT molecular complexity index is 567. The lowest BCUT2D eigenvalue weighted by atomic mass is 10.1. The third-order valence-corrected chi connectivity index (χ3v) is 3.29. The van der Waals surface area contributed by atoms with E-state index in [2.05, 4.69) is 15.5 Å². The van der Waals surface area contributed by atoms with Gasteiger partial charge >= 0.3 is 0 Å². The minimum absolute atomic E-state index is 0.0944. The van der Waals surface area contributed by atoms with Crippen LogP contribution in [0.15, 0.2) is 28.8 Å². The topological polar surface area (TPSA) is 60.2 Å². The maximum absolute atomic E-state index is 13.4. The molecule has 2 heterocycles. The SMILES string of the molecule is Fc1ccccc1OCc1noc([C@H]2CCCCN2)n1. The highest BCUT2D eigenvalue weighted by atomic mass is 19.1. The number of nitrogens with one attached hydrogen (secondary N) is 1. The molecule has 0 amide bonds. The van der Waals surface area contributed by atoms with Gasteiger partial charge in [-0.1, -0.05) is 23.7 Å². The summed E-state index contributed by atoms with van der Waals surface area (Å²) in [5.74, 6) is 0.798. The van der Waals surface area contributed by atoms with E-state index in [-0.39, 0.29) is 18.4 Å². The zero-order valence-electron chi connectivity index (χ0n) is 11.0. The van der Waals surface area contributed by atoms with Gasteiger partial charge in [-0.2, -0.15) is 4.98 Å². The molecule has 0 radical (unpaired) electrons. The molecule has 1 aromatic heterocycles. The molecule has 1 N–H and O–H groups in total. The largest absolute Gasteiger partial charge is 0.482 e. The van der Waals surface area contributed by atoms with Gasteiger partial charge in [0.2, 0.25) is 11.7 Å². The molecule has 1 atom stereocenters. The van der Waals surface area contributed by atoms with Gasteiger partial charge in [0.05, 0.1) is 6.04 Å². The summed E-state index contributed by atoms with van der Waals surface area (Å²) >= 11 is 0. The van der Waals surface area contributed by atoms with Crippen molar-refractivity contribution in [2.75, 3.05) is 6.54 Å². The number of rotatable bonds is 4. The van der Waals surface area contributed by atoms with Gasteiger partial charge in [0, 0.05) is 0 Å². The first-order valence-electron chi connectivity index (χ1n) is 6.76. The first kappa shape index (κ1) is 13.1. The quantitative estimate of drug-likeness (QED) is 0.930. The molecule has 1 aromatic carbocycles. The van der Waals surface area contributed by atoms with Crippen molar-refractivity contribution in [3.8, 4) is 5.75 Å². The van der Waals surface area contributed by atoms with E-state index in [1.807, 2.05) is 0 Å². The maximum atomic E-state index is 13.4. The molecule has 3 rings (SSSR count). The fourth-order valence-electron chi connectivity index (χ4n) is 2.23. The summed E-state index contributed by atoms with van der Waals surface area (Å²) < 4.78 is 24.0. The molecular formula is C14H16FN3O2. The zero-order valence-corrected chi connectivity index (χ0v) is 11.0. The van der Waals surface area contributed by atoms with Crippen LogP contribution >= 0.6 is 0 Å². The average molecular weight is 277 g/mol. The Labute approximate surface area is 116 Å². The van der Waals surface area contributed by atoms with Crippen molar-refractivity contribution in [2.24, 2.45) is 0 Å². The van der Waals surface area contributed by atoms with E-state index in [1.54, 1.807) is 18.2 Å². The molecule has 5 nitrogen and oxygen atoms in total. The number of ether oxygens (including phenoxy) is 1. The third kappa shape index (κ3) is 2.96. The van der Waals surface area contributed by atoms with Gasteiger partial charge in [-0.05, 0) is 31.5 Å². The summed E-state index contributed by atoms with van der Waals surface area (Å²) in [5, 5.41) is 7.20. The van der Waals surface area contributed by atoms with Gasteiger partial charge in [0.15, 0.2) is 18.2 Å². The number of piperidine rings is 1. The third-order valence-electron chi connectivity index (χ3n) is 3.29. The minimum Gasteiger partial charge on any atom is -0.482 e. The van der Waals surface area contributed by atoms with E-state index in [0.29, 0.717) is 11.7 Å². The average Bonchev–Trinajstić information content (AvgIpc) is 2.96. The molecule has 20 heavy (non-hydrogen) atoms. The summed E-state index contributed by atoms with van der Waals surface area (Å²) in [7, 11) is 0.